The minimum Gasteiger partial charge on any atom is -0.508 e. The van der Waals surface area contributed by atoms with Crippen molar-refractivity contribution >= 4 is 0 Å². The van der Waals surface area contributed by atoms with Gasteiger partial charge in [-0.25, -0.2) is 0 Å². The molecule has 3 aliphatic carbocycles. The summed E-state index contributed by atoms with van der Waals surface area (Å²) in [6.07, 6.45) is 6.76. The SMILES string of the molecule is CC1(O)CC[C@H]2[C@@H]3CCc4cc(O)ccc4[C@H]3CC[C@@]21C. The Bertz CT molecular complexity index is 577. The van der Waals surface area contributed by atoms with E-state index in [4.69, 9.17) is 0 Å². The van der Waals surface area contributed by atoms with Crippen LogP contribution in [0.4, 0.5) is 0 Å². The Labute approximate surface area is 127 Å². The Morgan fingerprint density at radius 1 is 1.10 bits per heavy atom. The van der Waals surface area contributed by atoms with Crippen LogP contribution in [0.2, 0.25) is 0 Å². The van der Waals surface area contributed by atoms with Gasteiger partial charge in [-0.15, -0.1) is 0 Å². The molecule has 2 fully saturated rings. The number of aromatic hydroxyl groups is 1. The van der Waals surface area contributed by atoms with Gasteiger partial charge < -0.3 is 10.2 Å². The summed E-state index contributed by atoms with van der Waals surface area (Å²) in [5.41, 5.74) is 2.43. The standard InChI is InChI=1S/C19H26O2/c1-18-9-7-15-14-6-4-13(20)11-12(14)3-5-16(15)17(18)8-10-19(18,2)21/h4,6,11,15-17,20-21H,3,5,7-10H2,1-2H3/t15-,16-,17+,18+,19?/m1/s1. The zero-order valence-electron chi connectivity index (χ0n) is 13.1. The van der Waals surface area contributed by atoms with Crippen molar-refractivity contribution in [3.8, 4) is 5.75 Å². The molecule has 0 heterocycles. The molecular formula is C19H26O2. The highest BCUT2D eigenvalue weighted by molar-refractivity contribution is 5.40. The molecule has 0 aliphatic heterocycles. The van der Waals surface area contributed by atoms with Gasteiger partial charge in [-0.1, -0.05) is 13.0 Å². The third kappa shape index (κ3) is 1.75. The van der Waals surface area contributed by atoms with Crippen molar-refractivity contribution in [1.82, 2.24) is 0 Å². The Morgan fingerprint density at radius 3 is 2.71 bits per heavy atom. The highest BCUT2D eigenvalue weighted by Gasteiger charge is 2.59. The van der Waals surface area contributed by atoms with Crippen LogP contribution in [-0.4, -0.2) is 15.8 Å². The highest BCUT2D eigenvalue weighted by Crippen LogP contribution is 2.64. The third-order valence-electron chi connectivity index (χ3n) is 7.27. The van der Waals surface area contributed by atoms with Gasteiger partial charge in [0.15, 0.2) is 0 Å². The van der Waals surface area contributed by atoms with Gasteiger partial charge >= 0.3 is 0 Å². The van der Waals surface area contributed by atoms with Crippen LogP contribution in [0.15, 0.2) is 18.2 Å². The molecule has 5 atom stereocenters. The molecule has 0 bridgehead atoms. The smallest absolute Gasteiger partial charge is 0.115 e. The van der Waals surface area contributed by atoms with Gasteiger partial charge in [-0.2, -0.15) is 0 Å². The number of hydrogen-bond acceptors (Lipinski definition) is 2. The molecule has 2 nitrogen and oxygen atoms in total. The summed E-state index contributed by atoms with van der Waals surface area (Å²) in [5, 5.41) is 20.5. The van der Waals surface area contributed by atoms with E-state index in [0.717, 1.165) is 25.2 Å². The van der Waals surface area contributed by atoms with Gasteiger partial charge in [0.25, 0.3) is 0 Å². The summed E-state index contributed by atoms with van der Waals surface area (Å²) < 4.78 is 0. The van der Waals surface area contributed by atoms with E-state index in [0.29, 0.717) is 17.6 Å². The van der Waals surface area contributed by atoms with Gasteiger partial charge in [0.2, 0.25) is 0 Å². The van der Waals surface area contributed by atoms with E-state index in [1.807, 2.05) is 12.1 Å². The van der Waals surface area contributed by atoms with Crippen LogP contribution in [-0.2, 0) is 6.42 Å². The van der Waals surface area contributed by atoms with E-state index >= 15 is 0 Å². The first-order valence-corrected chi connectivity index (χ1v) is 8.46. The normalized spacial score (nSPS) is 44.8. The van der Waals surface area contributed by atoms with E-state index in [-0.39, 0.29) is 5.41 Å². The number of benzene rings is 1. The summed E-state index contributed by atoms with van der Waals surface area (Å²) in [7, 11) is 0. The van der Waals surface area contributed by atoms with Gasteiger partial charge in [0, 0.05) is 0 Å². The van der Waals surface area contributed by atoms with Gasteiger partial charge in [0.05, 0.1) is 5.60 Å². The molecule has 2 N–H and O–H groups in total. The molecular weight excluding hydrogens is 260 g/mol. The molecule has 1 aromatic carbocycles. The molecule has 4 rings (SSSR count). The predicted molar refractivity (Wildman–Crippen MR) is 83.3 cm³/mol. The quantitative estimate of drug-likeness (QED) is 0.757. The van der Waals surface area contributed by atoms with Crippen LogP contribution in [0.3, 0.4) is 0 Å². The second-order valence-electron chi connectivity index (χ2n) is 8.07. The maximum Gasteiger partial charge on any atom is 0.115 e. The molecule has 3 aliphatic rings. The van der Waals surface area contributed by atoms with Crippen LogP contribution >= 0.6 is 0 Å². The third-order valence-corrected chi connectivity index (χ3v) is 7.27. The summed E-state index contributed by atoms with van der Waals surface area (Å²) in [5.74, 6) is 2.42. The number of aliphatic hydroxyl groups is 1. The van der Waals surface area contributed by atoms with Crippen LogP contribution < -0.4 is 0 Å². The van der Waals surface area contributed by atoms with Crippen LogP contribution in [0.5, 0.6) is 5.75 Å². The topological polar surface area (TPSA) is 40.5 Å². The van der Waals surface area contributed by atoms with E-state index in [1.165, 1.54) is 30.4 Å². The largest absolute Gasteiger partial charge is 0.508 e. The number of hydrogen-bond donors (Lipinski definition) is 2. The molecule has 0 amide bonds. The lowest BCUT2D eigenvalue weighted by atomic mass is 9.53. The van der Waals surface area contributed by atoms with Gasteiger partial charge in [-0.05, 0) is 91.9 Å². The maximum atomic E-state index is 10.8. The predicted octanol–water partition coefficient (Wildman–Crippen LogP) is 4.00. The lowest BCUT2D eigenvalue weighted by Crippen LogP contribution is -2.49. The first kappa shape index (κ1) is 13.6. The van der Waals surface area contributed by atoms with E-state index < -0.39 is 5.60 Å². The van der Waals surface area contributed by atoms with Crippen molar-refractivity contribution in [3.05, 3.63) is 29.3 Å². The van der Waals surface area contributed by atoms with Crippen molar-refractivity contribution in [2.24, 2.45) is 17.3 Å². The molecule has 114 valence electrons. The molecule has 0 aromatic heterocycles. The summed E-state index contributed by atoms with van der Waals surface area (Å²) >= 11 is 0. The van der Waals surface area contributed by atoms with E-state index in [2.05, 4.69) is 19.9 Å². The van der Waals surface area contributed by atoms with E-state index in [1.54, 1.807) is 0 Å². The minimum atomic E-state index is -0.488. The summed E-state index contributed by atoms with van der Waals surface area (Å²) in [6.45, 7) is 4.38. The average molecular weight is 286 g/mol. The minimum absolute atomic E-state index is 0.0998. The zero-order chi connectivity index (χ0) is 14.8. The Hall–Kier alpha value is -1.02. The highest BCUT2D eigenvalue weighted by atomic mass is 16.3. The fraction of sp³-hybridized carbons (Fsp3) is 0.684. The van der Waals surface area contributed by atoms with Crippen molar-refractivity contribution in [2.45, 2.75) is 63.9 Å². The number of phenolic OH excluding ortho intramolecular Hbond substituents is 1. The van der Waals surface area contributed by atoms with Gasteiger partial charge in [0.1, 0.15) is 5.75 Å². The van der Waals surface area contributed by atoms with Crippen molar-refractivity contribution in [1.29, 1.82) is 0 Å². The molecule has 0 radical (unpaired) electrons. The Morgan fingerprint density at radius 2 is 1.90 bits per heavy atom. The van der Waals surface area contributed by atoms with Crippen LogP contribution in [0.25, 0.3) is 0 Å². The fourth-order valence-electron chi connectivity index (χ4n) is 5.81. The average Bonchev–Trinajstić information content (AvgIpc) is 2.69. The molecule has 2 saturated carbocycles. The molecule has 2 heteroatoms. The van der Waals surface area contributed by atoms with Crippen molar-refractivity contribution in [3.63, 3.8) is 0 Å². The number of rotatable bonds is 0. The molecule has 1 unspecified atom stereocenters. The zero-order valence-corrected chi connectivity index (χ0v) is 13.1. The Kier molecular flexibility index (Phi) is 2.76. The first-order valence-electron chi connectivity index (χ1n) is 8.46. The van der Waals surface area contributed by atoms with Crippen LogP contribution in [0, 0.1) is 17.3 Å². The van der Waals surface area contributed by atoms with Crippen molar-refractivity contribution in [2.75, 3.05) is 0 Å². The second kappa shape index (κ2) is 4.25. The maximum absolute atomic E-state index is 10.8. The van der Waals surface area contributed by atoms with Crippen LogP contribution in [0.1, 0.15) is 63.0 Å². The number of aryl methyl sites for hydroxylation is 1. The Balaban J connectivity index is 1.72. The number of phenols is 1. The molecule has 1 aromatic rings. The lowest BCUT2D eigenvalue weighted by Gasteiger charge is -2.52. The fourth-order valence-corrected chi connectivity index (χ4v) is 5.81. The summed E-state index contributed by atoms with van der Waals surface area (Å²) in [6, 6.07) is 5.96. The van der Waals surface area contributed by atoms with Gasteiger partial charge in [-0.3, -0.25) is 0 Å². The molecule has 0 saturated heterocycles. The molecule has 21 heavy (non-hydrogen) atoms. The molecule has 0 spiro atoms. The van der Waals surface area contributed by atoms with Crippen molar-refractivity contribution < 1.29 is 10.2 Å². The van der Waals surface area contributed by atoms with E-state index in [9.17, 15) is 10.2 Å². The summed E-state index contributed by atoms with van der Waals surface area (Å²) in [4.78, 5) is 0. The lowest BCUT2D eigenvalue weighted by molar-refractivity contribution is -0.0901. The number of fused-ring (bicyclic) bond motifs is 5. The second-order valence-corrected chi connectivity index (χ2v) is 8.07. The monoisotopic (exact) mass is 286 g/mol. The first-order chi connectivity index (χ1) is 9.92.